The quantitative estimate of drug-likeness (QED) is 0.470. The second-order valence-corrected chi connectivity index (χ2v) is 7.29. The molecule has 0 unspecified atom stereocenters. The van der Waals surface area contributed by atoms with Crippen molar-refractivity contribution in [2.75, 3.05) is 6.54 Å². The van der Waals surface area contributed by atoms with Gasteiger partial charge < -0.3 is 14.8 Å². The molecule has 0 saturated carbocycles. The van der Waals surface area contributed by atoms with E-state index in [4.69, 9.17) is 16.1 Å². The van der Waals surface area contributed by atoms with Crippen LogP contribution in [0.5, 0.6) is 0 Å². The molecule has 2 aromatic carbocycles. The molecule has 0 atom stereocenters. The van der Waals surface area contributed by atoms with Crippen LogP contribution in [-0.2, 0) is 6.42 Å². The van der Waals surface area contributed by atoms with E-state index in [1.807, 2.05) is 36.4 Å². The third-order valence-corrected chi connectivity index (χ3v) is 4.78. The fourth-order valence-corrected chi connectivity index (χ4v) is 3.11. The second kappa shape index (κ2) is 7.54. The fraction of sp³-hybridized carbons (Fsp3) is 0.105. The summed E-state index contributed by atoms with van der Waals surface area (Å²) in [5.41, 5.74) is 3.21. The maximum absolute atomic E-state index is 12.3. The summed E-state index contributed by atoms with van der Waals surface area (Å²) in [7, 11) is 0. The lowest BCUT2D eigenvalue weighted by atomic mass is 10.1. The minimum atomic E-state index is -0.315. The van der Waals surface area contributed by atoms with E-state index in [0.717, 1.165) is 26.9 Å². The molecule has 0 aliphatic carbocycles. The Morgan fingerprint density at radius 1 is 1.19 bits per heavy atom. The molecule has 0 spiro atoms. The molecule has 4 rings (SSSR count). The van der Waals surface area contributed by atoms with E-state index in [0.29, 0.717) is 23.7 Å². The van der Waals surface area contributed by atoms with Crippen LogP contribution in [0.2, 0.25) is 5.02 Å². The van der Waals surface area contributed by atoms with Crippen LogP contribution in [-0.4, -0.2) is 27.6 Å². The molecule has 0 bridgehead atoms. The van der Waals surface area contributed by atoms with Crippen molar-refractivity contribution in [1.82, 2.24) is 20.4 Å². The van der Waals surface area contributed by atoms with Crippen LogP contribution < -0.4 is 5.32 Å². The zero-order chi connectivity index (χ0) is 18.8. The monoisotopic (exact) mass is 444 g/mol. The fourth-order valence-electron chi connectivity index (χ4n) is 2.67. The summed E-state index contributed by atoms with van der Waals surface area (Å²) in [5, 5.41) is 7.42. The summed E-state index contributed by atoms with van der Waals surface area (Å²) in [6.45, 7) is 0.417. The average Bonchev–Trinajstić information content (AvgIpc) is 3.29. The summed E-state index contributed by atoms with van der Waals surface area (Å²) < 4.78 is 6.14. The summed E-state index contributed by atoms with van der Waals surface area (Å²) in [6, 6.07) is 14.7. The Labute approximate surface area is 168 Å². The van der Waals surface area contributed by atoms with Crippen LogP contribution in [0, 0.1) is 0 Å². The number of rotatable bonds is 5. The van der Waals surface area contributed by atoms with Gasteiger partial charge >= 0.3 is 0 Å². The number of hydrogen-bond acceptors (Lipinski definition) is 4. The van der Waals surface area contributed by atoms with Gasteiger partial charge in [-0.2, -0.15) is 0 Å². The van der Waals surface area contributed by atoms with E-state index in [1.165, 1.54) is 0 Å². The first kappa shape index (κ1) is 17.8. The maximum Gasteiger partial charge on any atom is 0.289 e. The molecule has 0 radical (unpaired) electrons. The number of benzene rings is 2. The van der Waals surface area contributed by atoms with Gasteiger partial charge in [-0.3, -0.25) is 4.79 Å². The Kier molecular flexibility index (Phi) is 4.96. The van der Waals surface area contributed by atoms with E-state index in [1.54, 1.807) is 12.1 Å². The maximum atomic E-state index is 12.3. The largest absolute Gasteiger partial charge is 0.350 e. The van der Waals surface area contributed by atoms with Crippen LogP contribution in [0.1, 0.15) is 16.4 Å². The Morgan fingerprint density at radius 3 is 2.81 bits per heavy atom. The number of aromatic nitrogens is 3. The van der Waals surface area contributed by atoms with Gasteiger partial charge in [0.15, 0.2) is 0 Å². The van der Waals surface area contributed by atoms with Gasteiger partial charge in [-0.05, 0) is 30.3 Å². The molecule has 2 aromatic heterocycles. The summed E-state index contributed by atoms with van der Waals surface area (Å²) in [6.07, 6.45) is 0.561. The standard InChI is InChI=1S/C19H14BrClN4O2/c20-12-3-1-11(2-4-12)15-10-17(27-25-15)19(26)22-8-7-18-23-14-6-5-13(21)9-16(14)24-18/h1-6,9-10H,7-8H2,(H,22,26)(H,23,24). The van der Waals surface area contributed by atoms with Crippen molar-refractivity contribution >= 4 is 44.5 Å². The molecule has 0 saturated heterocycles. The van der Waals surface area contributed by atoms with Gasteiger partial charge in [0, 0.05) is 34.1 Å². The SMILES string of the molecule is O=C(NCCc1nc2ccc(Cl)cc2[nH]1)c1cc(-c2ccc(Br)cc2)no1. The normalized spacial score (nSPS) is 11.0. The van der Waals surface area contributed by atoms with Gasteiger partial charge in [-0.25, -0.2) is 4.98 Å². The Bertz CT molecular complexity index is 1100. The first-order valence-electron chi connectivity index (χ1n) is 8.23. The van der Waals surface area contributed by atoms with E-state index in [2.05, 4.69) is 36.4 Å². The van der Waals surface area contributed by atoms with Gasteiger partial charge in [0.05, 0.1) is 11.0 Å². The molecule has 136 valence electrons. The van der Waals surface area contributed by atoms with Gasteiger partial charge in [0.1, 0.15) is 11.5 Å². The third kappa shape index (κ3) is 4.04. The molecule has 6 nitrogen and oxygen atoms in total. The third-order valence-electron chi connectivity index (χ3n) is 4.01. The number of carbonyl (C=O) groups excluding carboxylic acids is 1. The van der Waals surface area contributed by atoms with Crippen LogP contribution >= 0.6 is 27.5 Å². The van der Waals surface area contributed by atoms with Crippen molar-refractivity contribution in [3.8, 4) is 11.3 Å². The molecule has 0 aliphatic heterocycles. The molecule has 8 heteroatoms. The number of aromatic amines is 1. The number of H-pyrrole nitrogens is 1. The molecule has 0 aliphatic rings. The summed E-state index contributed by atoms with van der Waals surface area (Å²) >= 11 is 9.36. The lowest BCUT2D eigenvalue weighted by Crippen LogP contribution is -2.25. The van der Waals surface area contributed by atoms with Crippen molar-refractivity contribution in [2.45, 2.75) is 6.42 Å². The zero-order valence-corrected chi connectivity index (χ0v) is 16.3. The number of imidazole rings is 1. The van der Waals surface area contributed by atoms with Gasteiger partial charge in [-0.1, -0.05) is 44.8 Å². The second-order valence-electron chi connectivity index (χ2n) is 5.93. The number of nitrogens with one attached hydrogen (secondary N) is 2. The number of nitrogens with zero attached hydrogens (tertiary/aromatic N) is 2. The highest BCUT2D eigenvalue weighted by molar-refractivity contribution is 9.10. The van der Waals surface area contributed by atoms with Crippen LogP contribution in [0.15, 0.2) is 57.5 Å². The number of amides is 1. The summed E-state index contributed by atoms with van der Waals surface area (Å²) in [4.78, 5) is 19.9. The molecule has 1 amide bonds. The first-order valence-corrected chi connectivity index (χ1v) is 9.40. The number of fused-ring (bicyclic) bond motifs is 1. The molecular weight excluding hydrogens is 432 g/mol. The van der Waals surface area contributed by atoms with Gasteiger partial charge in [0.25, 0.3) is 5.91 Å². The van der Waals surface area contributed by atoms with Crippen LogP contribution in [0.3, 0.4) is 0 Å². The number of hydrogen-bond donors (Lipinski definition) is 2. The topological polar surface area (TPSA) is 83.8 Å². The lowest BCUT2D eigenvalue weighted by molar-refractivity contribution is 0.0917. The van der Waals surface area contributed by atoms with Crippen molar-refractivity contribution in [2.24, 2.45) is 0 Å². The first-order chi connectivity index (χ1) is 13.1. The van der Waals surface area contributed by atoms with E-state index in [-0.39, 0.29) is 11.7 Å². The van der Waals surface area contributed by atoms with Crippen molar-refractivity contribution in [1.29, 1.82) is 0 Å². The molecule has 2 N–H and O–H groups in total. The molecular formula is C19H14BrClN4O2. The smallest absolute Gasteiger partial charge is 0.289 e. The lowest BCUT2D eigenvalue weighted by Gasteiger charge is -2.00. The van der Waals surface area contributed by atoms with Crippen LogP contribution in [0.25, 0.3) is 22.3 Å². The zero-order valence-electron chi connectivity index (χ0n) is 14.0. The predicted molar refractivity (Wildman–Crippen MR) is 107 cm³/mol. The Morgan fingerprint density at radius 2 is 2.00 bits per heavy atom. The van der Waals surface area contributed by atoms with Crippen LogP contribution in [0.4, 0.5) is 0 Å². The average molecular weight is 446 g/mol. The van der Waals surface area contributed by atoms with E-state index >= 15 is 0 Å². The minimum Gasteiger partial charge on any atom is -0.350 e. The highest BCUT2D eigenvalue weighted by Gasteiger charge is 2.14. The molecule has 27 heavy (non-hydrogen) atoms. The van der Waals surface area contributed by atoms with Crippen molar-refractivity contribution < 1.29 is 9.32 Å². The highest BCUT2D eigenvalue weighted by atomic mass is 79.9. The number of carbonyl (C=O) groups is 1. The molecule has 0 fully saturated rings. The molecule has 4 aromatic rings. The van der Waals surface area contributed by atoms with Crippen molar-refractivity contribution in [3.63, 3.8) is 0 Å². The predicted octanol–water partition coefficient (Wildman–Crippen LogP) is 4.61. The summed E-state index contributed by atoms with van der Waals surface area (Å²) in [5.74, 6) is 0.634. The van der Waals surface area contributed by atoms with E-state index < -0.39 is 0 Å². The number of halogens is 2. The minimum absolute atomic E-state index is 0.171. The van der Waals surface area contributed by atoms with Gasteiger partial charge in [-0.15, -0.1) is 0 Å². The Balaban J connectivity index is 1.37. The van der Waals surface area contributed by atoms with Crippen molar-refractivity contribution in [3.05, 3.63) is 69.6 Å². The Hall–Kier alpha value is -2.64. The van der Waals surface area contributed by atoms with Gasteiger partial charge in [0.2, 0.25) is 5.76 Å². The molecule has 2 heterocycles. The van der Waals surface area contributed by atoms with E-state index in [9.17, 15) is 4.79 Å². The highest BCUT2D eigenvalue weighted by Crippen LogP contribution is 2.21.